The number of aromatic nitrogens is 2. The predicted octanol–water partition coefficient (Wildman–Crippen LogP) is 5.74. The van der Waals surface area contributed by atoms with E-state index in [-0.39, 0.29) is 12.6 Å². The van der Waals surface area contributed by atoms with Crippen LogP contribution in [0.1, 0.15) is 30.9 Å². The predicted molar refractivity (Wildman–Crippen MR) is 102 cm³/mol. The second-order valence-electron chi connectivity index (χ2n) is 7.35. The van der Waals surface area contributed by atoms with E-state index >= 15 is 0 Å². The highest BCUT2D eigenvalue weighted by Crippen LogP contribution is 2.36. The van der Waals surface area contributed by atoms with E-state index in [0.717, 1.165) is 40.3 Å². The number of piperidine rings is 1. The van der Waals surface area contributed by atoms with Gasteiger partial charge in [0.25, 0.3) is 0 Å². The SMILES string of the molecule is Cc1cnc2c(c1)c1cc(Cl)ccc1n2C1CCN(CCC(F)(F)F)CC1. The number of pyridine rings is 1. The Kier molecular flexibility index (Phi) is 4.80. The molecule has 0 spiro atoms. The molecule has 0 saturated carbocycles. The summed E-state index contributed by atoms with van der Waals surface area (Å²) >= 11 is 6.22. The van der Waals surface area contributed by atoms with Crippen LogP contribution in [-0.4, -0.2) is 40.3 Å². The van der Waals surface area contributed by atoms with Crippen molar-refractivity contribution < 1.29 is 13.2 Å². The summed E-state index contributed by atoms with van der Waals surface area (Å²) in [6, 6.07) is 8.21. The van der Waals surface area contributed by atoms with Crippen LogP contribution in [0.3, 0.4) is 0 Å². The van der Waals surface area contributed by atoms with Crippen LogP contribution in [0.5, 0.6) is 0 Å². The Morgan fingerprint density at radius 3 is 2.59 bits per heavy atom. The Bertz CT molecular complexity index is 913. The molecule has 1 aliphatic heterocycles. The average molecular weight is 396 g/mol. The maximum atomic E-state index is 12.5. The van der Waals surface area contributed by atoms with Crippen LogP contribution in [0.25, 0.3) is 21.9 Å². The van der Waals surface area contributed by atoms with Crippen molar-refractivity contribution in [1.82, 2.24) is 14.5 Å². The molecule has 1 saturated heterocycles. The van der Waals surface area contributed by atoms with Gasteiger partial charge in [-0.3, -0.25) is 0 Å². The molecule has 0 unspecified atom stereocenters. The molecule has 144 valence electrons. The Morgan fingerprint density at radius 1 is 1.15 bits per heavy atom. The van der Waals surface area contributed by atoms with Crippen molar-refractivity contribution in [3.8, 4) is 0 Å². The molecular formula is C20H21ClF3N3. The summed E-state index contributed by atoms with van der Waals surface area (Å²) in [5, 5.41) is 2.84. The zero-order chi connectivity index (χ0) is 19.2. The van der Waals surface area contributed by atoms with E-state index in [1.54, 1.807) is 0 Å². The third kappa shape index (κ3) is 3.78. The number of aryl methyl sites for hydroxylation is 1. The first-order valence-electron chi connectivity index (χ1n) is 9.17. The molecule has 0 N–H and O–H groups in total. The number of alkyl halides is 3. The van der Waals surface area contributed by atoms with E-state index in [2.05, 4.69) is 15.6 Å². The first kappa shape index (κ1) is 18.6. The molecule has 0 bridgehead atoms. The highest BCUT2D eigenvalue weighted by Gasteiger charge is 2.30. The van der Waals surface area contributed by atoms with E-state index in [9.17, 15) is 13.2 Å². The highest BCUT2D eigenvalue weighted by atomic mass is 35.5. The Balaban J connectivity index is 1.64. The van der Waals surface area contributed by atoms with Gasteiger partial charge in [0.2, 0.25) is 0 Å². The van der Waals surface area contributed by atoms with Gasteiger partial charge in [-0.25, -0.2) is 4.98 Å². The third-order valence-electron chi connectivity index (χ3n) is 5.37. The Labute approximate surface area is 160 Å². The summed E-state index contributed by atoms with van der Waals surface area (Å²) in [4.78, 5) is 6.58. The smallest absolute Gasteiger partial charge is 0.322 e. The lowest BCUT2D eigenvalue weighted by Crippen LogP contribution is -2.36. The van der Waals surface area contributed by atoms with Crippen molar-refractivity contribution in [3.63, 3.8) is 0 Å². The lowest BCUT2D eigenvalue weighted by molar-refractivity contribution is -0.138. The van der Waals surface area contributed by atoms with Crippen molar-refractivity contribution in [2.45, 2.75) is 38.4 Å². The standard InChI is InChI=1S/C20H21ClF3N3/c1-13-10-17-16-11-14(21)2-3-18(16)27(19(17)25-12-13)15-4-7-26(8-5-15)9-6-20(22,23)24/h2-3,10-12,15H,4-9H2,1H3. The molecule has 3 nitrogen and oxygen atoms in total. The maximum Gasteiger partial charge on any atom is 0.390 e. The van der Waals surface area contributed by atoms with Gasteiger partial charge < -0.3 is 9.47 Å². The molecule has 0 aliphatic carbocycles. The minimum atomic E-state index is -4.09. The highest BCUT2D eigenvalue weighted by molar-refractivity contribution is 6.31. The monoisotopic (exact) mass is 395 g/mol. The van der Waals surface area contributed by atoms with Crippen LogP contribution >= 0.6 is 11.6 Å². The van der Waals surface area contributed by atoms with Crippen LogP contribution in [0.4, 0.5) is 13.2 Å². The van der Waals surface area contributed by atoms with Gasteiger partial charge in [0.05, 0.1) is 11.9 Å². The van der Waals surface area contributed by atoms with E-state index in [4.69, 9.17) is 11.6 Å². The summed E-state index contributed by atoms with van der Waals surface area (Å²) in [6.07, 6.45) is -1.35. The first-order valence-corrected chi connectivity index (χ1v) is 9.54. The molecule has 1 fully saturated rings. The first-order chi connectivity index (χ1) is 12.8. The Hall–Kier alpha value is -1.79. The summed E-state index contributed by atoms with van der Waals surface area (Å²) in [5.41, 5.74) is 3.09. The zero-order valence-electron chi connectivity index (χ0n) is 15.1. The second-order valence-corrected chi connectivity index (χ2v) is 7.79. The summed E-state index contributed by atoms with van der Waals surface area (Å²) in [5.74, 6) is 0. The fourth-order valence-corrected chi connectivity index (χ4v) is 4.23. The van der Waals surface area contributed by atoms with E-state index in [1.807, 2.05) is 36.2 Å². The van der Waals surface area contributed by atoms with Crippen LogP contribution in [0.2, 0.25) is 5.02 Å². The lowest BCUT2D eigenvalue weighted by atomic mass is 10.0. The molecule has 0 radical (unpaired) electrons. The molecule has 3 aromatic rings. The average Bonchev–Trinajstić information content (AvgIpc) is 2.93. The number of halogens is 4. The molecule has 7 heteroatoms. The van der Waals surface area contributed by atoms with Gasteiger partial charge in [-0.2, -0.15) is 13.2 Å². The van der Waals surface area contributed by atoms with Crippen LogP contribution in [-0.2, 0) is 0 Å². The van der Waals surface area contributed by atoms with Crippen molar-refractivity contribution in [3.05, 3.63) is 41.0 Å². The van der Waals surface area contributed by atoms with Crippen LogP contribution < -0.4 is 0 Å². The number of likely N-dealkylation sites (tertiary alicyclic amines) is 1. The summed E-state index contributed by atoms with van der Waals surface area (Å²) in [6.45, 7) is 3.43. The number of hydrogen-bond donors (Lipinski definition) is 0. The molecule has 0 atom stereocenters. The van der Waals surface area contributed by atoms with Gasteiger partial charge in [-0.05, 0) is 49.6 Å². The molecule has 1 aromatic carbocycles. The lowest BCUT2D eigenvalue weighted by Gasteiger charge is -2.33. The van der Waals surface area contributed by atoms with E-state index in [0.29, 0.717) is 18.1 Å². The molecule has 1 aliphatic rings. The van der Waals surface area contributed by atoms with Gasteiger partial charge >= 0.3 is 6.18 Å². The molecule has 3 heterocycles. The summed E-state index contributed by atoms with van der Waals surface area (Å²) < 4.78 is 39.7. The number of benzene rings is 1. The maximum absolute atomic E-state index is 12.5. The number of hydrogen-bond acceptors (Lipinski definition) is 2. The minimum Gasteiger partial charge on any atom is -0.322 e. The largest absolute Gasteiger partial charge is 0.390 e. The fourth-order valence-electron chi connectivity index (χ4n) is 4.06. The van der Waals surface area contributed by atoms with Gasteiger partial charge in [-0.1, -0.05) is 11.6 Å². The summed E-state index contributed by atoms with van der Waals surface area (Å²) in [7, 11) is 0. The van der Waals surface area contributed by atoms with Crippen LogP contribution in [0, 0.1) is 6.92 Å². The minimum absolute atomic E-state index is 0.0798. The van der Waals surface area contributed by atoms with E-state index < -0.39 is 12.6 Å². The Morgan fingerprint density at radius 2 is 1.89 bits per heavy atom. The van der Waals surface area contributed by atoms with Gasteiger partial charge in [0.1, 0.15) is 5.65 Å². The normalized spacial score (nSPS) is 17.2. The van der Waals surface area contributed by atoms with E-state index in [1.165, 1.54) is 0 Å². The fraction of sp³-hybridized carbons (Fsp3) is 0.450. The van der Waals surface area contributed by atoms with Gasteiger partial charge in [-0.15, -0.1) is 0 Å². The number of rotatable bonds is 3. The topological polar surface area (TPSA) is 21.1 Å². The van der Waals surface area contributed by atoms with Gasteiger partial charge in [0, 0.05) is 47.7 Å². The van der Waals surface area contributed by atoms with Gasteiger partial charge in [0.15, 0.2) is 0 Å². The second kappa shape index (κ2) is 6.99. The third-order valence-corrected chi connectivity index (χ3v) is 5.61. The van der Waals surface area contributed by atoms with Crippen LogP contribution in [0.15, 0.2) is 30.5 Å². The molecular weight excluding hydrogens is 375 g/mol. The zero-order valence-corrected chi connectivity index (χ0v) is 15.8. The van der Waals surface area contributed by atoms with Crippen molar-refractivity contribution >= 4 is 33.5 Å². The number of nitrogens with zero attached hydrogens (tertiary/aromatic N) is 3. The molecule has 4 rings (SSSR count). The number of fused-ring (bicyclic) bond motifs is 3. The molecule has 0 amide bonds. The molecule has 27 heavy (non-hydrogen) atoms. The molecule has 2 aromatic heterocycles. The van der Waals surface area contributed by atoms with Crippen molar-refractivity contribution in [1.29, 1.82) is 0 Å². The van der Waals surface area contributed by atoms with Crippen molar-refractivity contribution in [2.75, 3.05) is 19.6 Å². The quantitative estimate of drug-likeness (QED) is 0.563. The van der Waals surface area contributed by atoms with Crippen molar-refractivity contribution in [2.24, 2.45) is 0 Å².